The zero-order valence-electron chi connectivity index (χ0n) is 10.1. The van der Waals surface area contributed by atoms with E-state index in [1.54, 1.807) is 0 Å². The number of benzene rings is 1. The molecule has 86 valence electrons. The first kappa shape index (κ1) is 10.3. The SMILES string of the molecule is Cc1ccccc1C1(CN)CC2(CCC2)C1. The predicted molar refractivity (Wildman–Crippen MR) is 67.4 cm³/mol. The molecule has 0 saturated heterocycles. The van der Waals surface area contributed by atoms with Crippen LogP contribution in [0.3, 0.4) is 0 Å². The second-order valence-electron chi connectivity index (χ2n) is 6.01. The van der Waals surface area contributed by atoms with Gasteiger partial charge in [0.1, 0.15) is 0 Å². The first-order valence-electron chi connectivity index (χ1n) is 6.46. The molecule has 0 atom stereocenters. The third-order valence-corrected chi connectivity index (χ3v) is 4.95. The summed E-state index contributed by atoms with van der Waals surface area (Å²) >= 11 is 0. The van der Waals surface area contributed by atoms with Crippen LogP contribution in [0.5, 0.6) is 0 Å². The fourth-order valence-corrected chi connectivity index (χ4v) is 4.03. The minimum absolute atomic E-state index is 0.311. The number of rotatable bonds is 2. The lowest BCUT2D eigenvalue weighted by Gasteiger charge is -2.61. The van der Waals surface area contributed by atoms with Crippen molar-refractivity contribution in [3.05, 3.63) is 35.4 Å². The van der Waals surface area contributed by atoms with Gasteiger partial charge in [-0.3, -0.25) is 0 Å². The summed E-state index contributed by atoms with van der Waals surface area (Å²) in [6.45, 7) is 3.04. The van der Waals surface area contributed by atoms with Crippen molar-refractivity contribution in [1.29, 1.82) is 0 Å². The molecule has 1 heteroatoms. The second kappa shape index (κ2) is 3.33. The van der Waals surface area contributed by atoms with Gasteiger partial charge in [0.25, 0.3) is 0 Å². The van der Waals surface area contributed by atoms with E-state index < -0.39 is 0 Å². The third-order valence-electron chi connectivity index (χ3n) is 4.95. The fourth-order valence-electron chi connectivity index (χ4n) is 4.03. The number of hydrogen-bond acceptors (Lipinski definition) is 1. The maximum absolute atomic E-state index is 6.07. The van der Waals surface area contributed by atoms with E-state index in [-0.39, 0.29) is 0 Å². The normalized spacial score (nSPS) is 24.9. The molecular weight excluding hydrogens is 194 g/mol. The average molecular weight is 215 g/mol. The van der Waals surface area contributed by atoms with E-state index in [4.69, 9.17) is 5.73 Å². The van der Waals surface area contributed by atoms with Crippen molar-refractivity contribution in [3.63, 3.8) is 0 Å². The maximum atomic E-state index is 6.07. The van der Waals surface area contributed by atoms with E-state index >= 15 is 0 Å². The Morgan fingerprint density at radius 2 is 1.88 bits per heavy atom. The molecule has 1 aromatic rings. The monoisotopic (exact) mass is 215 g/mol. The van der Waals surface area contributed by atoms with Crippen molar-refractivity contribution in [2.75, 3.05) is 6.54 Å². The van der Waals surface area contributed by atoms with Crippen molar-refractivity contribution >= 4 is 0 Å². The Balaban J connectivity index is 1.90. The lowest BCUT2D eigenvalue weighted by atomic mass is 9.43. The maximum Gasteiger partial charge on any atom is 0.00887 e. The average Bonchev–Trinajstić information content (AvgIpc) is 2.17. The van der Waals surface area contributed by atoms with E-state index in [9.17, 15) is 0 Å². The first-order valence-corrected chi connectivity index (χ1v) is 6.46. The number of hydrogen-bond donors (Lipinski definition) is 1. The van der Waals surface area contributed by atoms with Gasteiger partial charge < -0.3 is 5.73 Å². The minimum atomic E-state index is 0.311. The molecule has 1 nitrogen and oxygen atoms in total. The highest BCUT2D eigenvalue weighted by Crippen LogP contribution is 2.64. The molecule has 2 aliphatic rings. The Bertz CT molecular complexity index is 396. The standard InChI is InChI=1S/C15H21N/c1-12-5-2-3-6-13(12)15(11-16)9-14(10-15)7-4-8-14/h2-3,5-6H,4,7-11,16H2,1H3. The Kier molecular flexibility index (Phi) is 2.16. The van der Waals surface area contributed by atoms with Gasteiger partial charge in [0.05, 0.1) is 0 Å². The molecular formula is C15H21N. The summed E-state index contributed by atoms with van der Waals surface area (Å²) in [6.07, 6.45) is 7.00. The molecule has 0 bridgehead atoms. The molecule has 0 unspecified atom stereocenters. The summed E-state index contributed by atoms with van der Waals surface area (Å²) < 4.78 is 0. The Hall–Kier alpha value is -0.820. The van der Waals surface area contributed by atoms with Crippen LogP contribution >= 0.6 is 0 Å². The number of aryl methyl sites for hydroxylation is 1. The summed E-state index contributed by atoms with van der Waals surface area (Å²) in [5.74, 6) is 0. The van der Waals surface area contributed by atoms with Gasteiger partial charge in [-0.1, -0.05) is 30.7 Å². The Morgan fingerprint density at radius 1 is 1.19 bits per heavy atom. The van der Waals surface area contributed by atoms with Crippen LogP contribution in [-0.4, -0.2) is 6.54 Å². The van der Waals surface area contributed by atoms with Gasteiger partial charge in [0.15, 0.2) is 0 Å². The van der Waals surface area contributed by atoms with E-state index in [2.05, 4.69) is 31.2 Å². The van der Waals surface area contributed by atoms with Crippen molar-refractivity contribution in [3.8, 4) is 0 Å². The highest BCUT2D eigenvalue weighted by atomic mass is 14.7. The molecule has 2 saturated carbocycles. The molecule has 0 aliphatic heterocycles. The highest BCUT2D eigenvalue weighted by molar-refractivity contribution is 5.38. The zero-order valence-corrected chi connectivity index (χ0v) is 10.1. The van der Waals surface area contributed by atoms with Crippen molar-refractivity contribution in [2.24, 2.45) is 11.1 Å². The summed E-state index contributed by atoms with van der Waals surface area (Å²) in [5, 5.41) is 0. The topological polar surface area (TPSA) is 26.0 Å². The quantitative estimate of drug-likeness (QED) is 0.805. The lowest BCUT2D eigenvalue weighted by Crippen LogP contribution is -2.56. The van der Waals surface area contributed by atoms with E-state index in [1.165, 1.54) is 43.2 Å². The third kappa shape index (κ3) is 1.27. The van der Waals surface area contributed by atoms with Crippen LogP contribution in [0.1, 0.15) is 43.2 Å². The summed E-state index contributed by atoms with van der Waals surface area (Å²) in [5.41, 5.74) is 10.0. The van der Waals surface area contributed by atoms with Crippen LogP contribution in [0, 0.1) is 12.3 Å². The molecule has 2 fully saturated rings. The van der Waals surface area contributed by atoms with Crippen LogP contribution in [-0.2, 0) is 5.41 Å². The Labute approximate surface area is 98.0 Å². The summed E-state index contributed by atoms with van der Waals surface area (Å²) in [7, 11) is 0. The molecule has 2 N–H and O–H groups in total. The molecule has 2 aliphatic carbocycles. The van der Waals surface area contributed by atoms with Crippen molar-refractivity contribution < 1.29 is 0 Å². The highest BCUT2D eigenvalue weighted by Gasteiger charge is 2.57. The second-order valence-corrected chi connectivity index (χ2v) is 6.01. The van der Waals surface area contributed by atoms with E-state index in [0.29, 0.717) is 10.8 Å². The number of nitrogens with two attached hydrogens (primary N) is 1. The van der Waals surface area contributed by atoms with Gasteiger partial charge in [-0.2, -0.15) is 0 Å². The van der Waals surface area contributed by atoms with Crippen LogP contribution < -0.4 is 5.73 Å². The fraction of sp³-hybridized carbons (Fsp3) is 0.600. The molecule has 1 aromatic carbocycles. The van der Waals surface area contributed by atoms with Crippen molar-refractivity contribution in [1.82, 2.24) is 0 Å². The predicted octanol–water partition coefficient (Wildman–Crippen LogP) is 3.16. The van der Waals surface area contributed by atoms with Gasteiger partial charge in [0, 0.05) is 12.0 Å². The molecule has 0 radical (unpaired) electrons. The van der Waals surface area contributed by atoms with E-state index in [1.807, 2.05) is 0 Å². The smallest absolute Gasteiger partial charge is 0.00887 e. The largest absolute Gasteiger partial charge is 0.330 e. The summed E-state index contributed by atoms with van der Waals surface area (Å²) in [4.78, 5) is 0. The molecule has 0 heterocycles. The molecule has 0 aromatic heterocycles. The summed E-state index contributed by atoms with van der Waals surface area (Å²) in [6, 6.07) is 8.79. The van der Waals surface area contributed by atoms with Gasteiger partial charge in [-0.05, 0) is 49.1 Å². The van der Waals surface area contributed by atoms with Gasteiger partial charge >= 0.3 is 0 Å². The van der Waals surface area contributed by atoms with Gasteiger partial charge in [-0.15, -0.1) is 0 Å². The molecule has 1 spiro atoms. The van der Waals surface area contributed by atoms with Crippen LogP contribution in [0.2, 0.25) is 0 Å². The van der Waals surface area contributed by atoms with Crippen LogP contribution in [0.15, 0.2) is 24.3 Å². The lowest BCUT2D eigenvalue weighted by molar-refractivity contribution is -0.0449. The van der Waals surface area contributed by atoms with Crippen LogP contribution in [0.4, 0.5) is 0 Å². The van der Waals surface area contributed by atoms with Gasteiger partial charge in [-0.25, -0.2) is 0 Å². The van der Waals surface area contributed by atoms with Crippen molar-refractivity contribution in [2.45, 2.75) is 44.4 Å². The molecule has 3 rings (SSSR count). The first-order chi connectivity index (χ1) is 7.70. The minimum Gasteiger partial charge on any atom is -0.330 e. The van der Waals surface area contributed by atoms with E-state index in [0.717, 1.165) is 6.54 Å². The zero-order chi connectivity index (χ0) is 11.2. The van der Waals surface area contributed by atoms with Crippen LogP contribution in [0.25, 0.3) is 0 Å². The molecule has 16 heavy (non-hydrogen) atoms. The Morgan fingerprint density at radius 3 is 2.38 bits per heavy atom. The van der Waals surface area contributed by atoms with Gasteiger partial charge in [0.2, 0.25) is 0 Å². The molecule has 0 amide bonds.